The maximum atomic E-state index is 10.1. The number of aliphatic hydroxyl groups excluding tert-OH is 1. The first kappa shape index (κ1) is 11.2. The second-order valence-electron chi connectivity index (χ2n) is 4.57. The molecule has 1 aliphatic rings. The molecule has 1 aromatic carbocycles. The second kappa shape index (κ2) is 4.67. The molecule has 0 radical (unpaired) electrons. The van der Waals surface area contributed by atoms with Crippen molar-refractivity contribution >= 4 is 15.9 Å². The average molecular weight is 269 g/mol. The molecule has 0 bridgehead atoms. The Bertz CT molecular complexity index is 344. The van der Waals surface area contributed by atoms with Gasteiger partial charge in [-0.15, -0.1) is 0 Å². The molecular weight excluding hydrogens is 252 g/mol. The van der Waals surface area contributed by atoms with Crippen LogP contribution in [-0.4, -0.2) is 5.11 Å². The summed E-state index contributed by atoms with van der Waals surface area (Å²) in [5, 5.41) is 10.1. The minimum atomic E-state index is -0.301. The third kappa shape index (κ3) is 2.61. The number of hydrogen-bond acceptors (Lipinski definition) is 1. The maximum Gasteiger partial charge on any atom is 0.0803 e. The van der Waals surface area contributed by atoms with Crippen molar-refractivity contribution in [3.05, 3.63) is 33.8 Å². The van der Waals surface area contributed by atoms with Crippen LogP contribution in [0.15, 0.2) is 22.7 Å². The number of aryl methyl sites for hydroxylation is 1. The molecule has 1 saturated carbocycles. The summed E-state index contributed by atoms with van der Waals surface area (Å²) >= 11 is 3.52. The summed E-state index contributed by atoms with van der Waals surface area (Å²) < 4.78 is 1.04. The highest BCUT2D eigenvalue weighted by molar-refractivity contribution is 9.10. The molecule has 15 heavy (non-hydrogen) atoms. The Kier molecular flexibility index (Phi) is 3.47. The summed E-state index contributed by atoms with van der Waals surface area (Å²) in [6.07, 6.45) is 4.54. The zero-order valence-corrected chi connectivity index (χ0v) is 10.6. The van der Waals surface area contributed by atoms with Gasteiger partial charge in [0.05, 0.1) is 6.10 Å². The molecule has 0 heterocycles. The topological polar surface area (TPSA) is 20.2 Å². The van der Waals surface area contributed by atoms with Crippen molar-refractivity contribution in [1.29, 1.82) is 0 Å². The number of rotatable bonds is 3. The Morgan fingerprint density at radius 1 is 1.47 bits per heavy atom. The summed E-state index contributed by atoms with van der Waals surface area (Å²) in [5.74, 6) is 0.744. The van der Waals surface area contributed by atoms with Crippen LogP contribution in [0.3, 0.4) is 0 Å². The summed E-state index contributed by atoms with van der Waals surface area (Å²) in [5.41, 5.74) is 2.26. The van der Waals surface area contributed by atoms with Gasteiger partial charge in [0.15, 0.2) is 0 Å². The fourth-order valence-electron chi connectivity index (χ4n) is 2.07. The summed E-state index contributed by atoms with van der Waals surface area (Å²) in [4.78, 5) is 0. The van der Waals surface area contributed by atoms with Gasteiger partial charge in [-0.05, 0) is 36.5 Å². The van der Waals surface area contributed by atoms with Crippen molar-refractivity contribution < 1.29 is 5.11 Å². The molecule has 1 fully saturated rings. The van der Waals surface area contributed by atoms with Gasteiger partial charge in [0.1, 0.15) is 0 Å². The summed E-state index contributed by atoms with van der Waals surface area (Å²) in [7, 11) is 0. The van der Waals surface area contributed by atoms with Crippen molar-refractivity contribution in [3.8, 4) is 0 Å². The molecule has 2 rings (SSSR count). The van der Waals surface area contributed by atoms with Gasteiger partial charge in [-0.2, -0.15) is 0 Å². The smallest absolute Gasteiger partial charge is 0.0803 e. The van der Waals surface area contributed by atoms with Crippen LogP contribution in [0.4, 0.5) is 0 Å². The predicted molar refractivity (Wildman–Crippen MR) is 65.8 cm³/mol. The Hall–Kier alpha value is -0.340. The van der Waals surface area contributed by atoms with Gasteiger partial charge >= 0.3 is 0 Å². The van der Waals surface area contributed by atoms with E-state index in [0.29, 0.717) is 0 Å². The lowest BCUT2D eigenvalue weighted by Gasteiger charge is -2.28. The quantitative estimate of drug-likeness (QED) is 0.879. The number of hydrogen-bond donors (Lipinski definition) is 1. The Balaban J connectivity index is 2.06. The van der Waals surface area contributed by atoms with E-state index in [1.807, 2.05) is 6.07 Å². The van der Waals surface area contributed by atoms with E-state index in [-0.39, 0.29) is 6.10 Å². The Morgan fingerprint density at radius 2 is 2.20 bits per heavy atom. The normalized spacial score (nSPS) is 18.6. The standard InChI is InChI=1S/C13H17BrO/c1-9-5-6-11(12(14)7-9)13(15)8-10-3-2-4-10/h5-7,10,13,15H,2-4,8H2,1H3. The molecule has 0 aliphatic heterocycles. The van der Waals surface area contributed by atoms with Crippen molar-refractivity contribution in [2.45, 2.75) is 38.7 Å². The minimum absolute atomic E-state index is 0.301. The maximum absolute atomic E-state index is 10.1. The van der Waals surface area contributed by atoms with Gasteiger partial charge in [-0.3, -0.25) is 0 Å². The highest BCUT2D eigenvalue weighted by atomic mass is 79.9. The molecular formula is C13H17BrO. The van der Waals surface area contributed by atoms with Crippen molar-refractivity contribution in [3.63, 3.8) is 0 Å². The van der Waals surface area contributed by atoms with Crippen LogP contribution < -0.4 is 0 Å². The van der Waals surface area contributed by atoms with Crippen LogP contribution in [0.2, 0.25) is 0 Å². The molecule has 0 spiro atoms. The lowest BCUT2D eigenvalue weighted by molar-refractivity contribution is 0.118. The van der Waals surface area contributed by atoms with Crippen molar-refractivity contribution in [1.82, 2.24) is 0 Å². The van der Waals surface area contributed by atoms with Crippen molar-refractivity contribution in [2.24, 2.45) is 5.92 Å². The molecule has 1 aliphatic carbocycles. The SMILES string of the molecule is Cc1ccc(C(O)CC2CCC2)c(Br)c1. The van der Waals surface area contributed by atoms with Gasteiger partial charge in [0.2, 0.25) is 0 Å². The number of aliphatic hydroxyl groups is 1. The van der Waals surface area contributed by atoms with E-state index in [4.69, 9.17) is 0 Å². The molecule has 0 saturated heterocycles. The van der Waals surface area contributed by atoms with E-state index < -0.39 is 0 Å². The van der Waals surface area contributed by atoms with Crippen LogP contribution in [0.1, 0.15) is 42.9 Å². The van der Waals surface area contributed by atoms with Crippen molar-refractivity contribution in [2.75, 3.05) is 0 Å². The minimum Gasteiger partial charge on any atom is -0.388 e. The van der Waals surface area contributed by atoms with Crippen LogP contribution >= 0.6 is 15.9 Å². The highest BCUT2D eigenvalue weighted by Gasteiger charge is 2.22. The lowest BCUT2D eigenvalue weighted by Crippen LogP contribution is -2.15. The predicted octanol–water partition coefficient (Wildman–Crippen LogP) is 3.98. The van der Waals surface area contributed by atoms with E-state index in [2.05, 4.69) is 35.0 Å². The summed E-state index contributed by atoms with van der Waals surface area (Å²) in [6, 6.07) is 6.16. The lowest BCUT2D eigenvalue weighted by atomic mass is 9.80. The number of halogens is 1. The fourth-order valence-corrected chi connectivity index (χ4v) is 2.83. The first-order valence-corrected chi connectivity index (χ1v) is 6.40. The third-order valence-electron chi connectivity index (χ3n) is 3.30. The van der Waals surface area contributed by atoms with Gasteiger partial charge in [-0.1, -0.05) is 47.3 Å². The van der Waals surface area contributed by atoms with Crippen LogP contribution in [0.5, 0.6) is 0 Å². The first-order chi connectivity index (χ1) is 7.16. The average Bonchev–Trinajstić information content (AvgIpc) is 2.11. The third-order valence-corrected chi connectivity index (χ3v) is 3.98. The fraction of sp³-hybridized carbons (Fsp3) is 0.538. The van der Waals surface area contributed by atoms with E-state index in [0.717, 1.165) is 22.4 Å². The zero-order valence-electron chi connectivity index (χ0n) is 9.04. The largest absolute Gasteiger partial charge is 0.388 e. The zero-order chi connectivity index (χ0) is 10.8. The molecule has 1 atom stereocenters. The first-order valence-electron chi connectivity index (χ1n) is 5.61. The highest BCUT2D eigenvalue weighted by Crippen LogP contribution is 2.36. The van der Waals surface area contributed by atoms with E-state index in [1.54, 1.807) is 0 Å². The van der Waals surface area contributed by atoms with Crippen LogP contribution in [0, 0.1) is 12.8 Å². The monoisotopic (exact) mass is 268 g/mol. The Morgan fingerprint density at radius 3 is 2.73 bits per heavy atom. The van der Waals surface area contributed by atoms with Crippen LogP contribution in [0.25, 0.3) is 0 Å². The van der Waals surface area contributed by atoms with Gasteiger partial charge < -0.3 is 5.11 Å². The molecule has 1 aromatic rings. The summed E-state index contributed by atoms with van der Waals surface area (Å²) in [6.45, 7) is 2.06. The molecule has 2 heteroatoms. The molecule has 1 N–H and O–H groups in total. The second-order valence-corrected chi connectivity index (χ2v) is 5.43. The van der Waals surface area contributed by atoms with Crippen LogP contribution in [-0.2, 0) is 0 Å². The Labute approximate surface area is 99.6 Å². The molecule has 82 valence electrons. The molecule has 0 amide bonds. The molecule has 1 nitrogen and oxygen atoms in total. The molecule has 1 unspecified atom stereocenters. The van der Waals surface area contributed by atoms with Gasteiger partial charge in [0.25, 0.3) is 0 Å². The van der Waals surface area contributed by atoms with Gasteiger partial charge in [-0.25, -0.2) is 0 Å². The number of benzene rings is 1. The van der Waals surface area contributed by atoms with E-state index in [1.165, 1.54) is 24.8 Å². The van der Waals surface area contributed by atoms with E-state index in [9.17, 15) is 5.11 Å². The van der Waals surface area contributed by atoms with Gasteiger partial charge in [0, 0.05) is 4.47 Å². The van der Waals surface area contributed by atoms with E-state index >= 15 is 0 Å². The molecule has 0 aromatic heterocycles.